The van der Waals surface area contributed by atoms with Crippen LogP contribution >= 0.6 is 11.8 Å². The molecule has 3 aliphatic rings. The van der Waals surface area contributed by atoms with Gasteiger partial charge in [-0.05, 0) is 28.7 Å². The summed E-state index contributed by atoms with van der Waals surface area (Å²) >= 11 is 1.53. The van der Waals surface area contributed by atoms with Gasteiger partial charge in [0.25, 0.3) is 5.91 Å². The molecular formula is C26H28N2O6S. The predicted octanol–water partition coefficient (Wildman–Crippen LogP) is 2.96. The van der Waals surface area contributed by atoms with Gasteiger partial charge in [0.05, 0.1) is 0 Å². The third kappa shape index (κ3) is 4.75. The molecule has 2 aliphatic heterocycles. The first kappa shape index (κ1) is 23.7. The highest BCUT2D eigenvalue weighted by Crippen LogP contribution is 2.44. The second-order valence-corrected chi connectivity index (χ2v) is 10.2. The fourth-order valence-corrected chi connectivity index (χ4v) is 6.25. The number of carbonyl (C=O) groups excluding carboxylic acids is 2. The number of fused-ring (bicyclic) bond motifs is 3. The molecular weight excluding hydrogens is 468 g/mol. The number of alkyl carbamates (subject to hydrolysis) is 1. The van der Waals surface area contributed by atoms with Crippen LogP contribution in [-0.2, 0) is 19.1 Å². The van der Waals surface area contributed by atoms with Crippen LogP contribution in [0.3, 0.4) is 0 Å². The number of carboxylic acid groups (broad SMARTS) is 1. The van der Waals surface area contributed by atoms with Crippen LogP contribution in [0.5, 0.6) is 0 Å². The Morgan fingerprint density at radius 2 is 1.77 bits per heavy atom. The van der Waals surface area contributed by atoms with E-state index in [1.165, 1.54) is 16.7 Å². The van der Waals surface area contributed by atoms with E-state index in [0.717, 1.165) is 22.3 Å². The molecule has 0 spiro atoms. The van der Waals surface area contributed by atoms with Crippen molar-refractivity contribution in [2.75, 3.05) is 37.8 Å². The molecule has 8 nitrogen and oxygen atoms in total. The zero-order valence-electron chi connectivity index (χ0n) is 19.2. The van der Waals surface area contributed by atoms with Gasteiger partial charge in [-0.3, -0.25) is 4.79 Å². The summed E-state index contributed by atoms with van der Waals surface area (Å²) in [7, 11) is 0. The van der Waals surface area contributed by atoms with Crippen LogP contribution in [0.25, 0.3) is 11.1 Å². The Bertz CT molecular complexity index is 1080. The number of hydrogen-bond acceptors (Lipinski definition) is 6. The number of nitrogens with zero attached hydrogens (tertiary/aromatic N) is 1. The molecule has 2 amide bonds. The summed E-state index contributed by atoms with van der Waals surface area (Å²) in [6.45, 7) is 1.23. The van der Waals surface area contributed by atoms with Crippen LogP contribution in [0.15, 0.2) is 48.5 Å². The zero-order chi connectivity index (χ0) is 24.4. The lowest BCUT2D eigenvalue weighted by Crippen LogP contribution is -2.55. The van der Waals surface area contributed by atoms with E-state index in [9.17, 15) is 19.5 Å². The largest absolute Gasteiger partial charge is 0.480 e. The van der Waals surface area contributed by atoms with Gasteiger partial charge < -0.3 is 24.8 Å². The van der Waals surface area contributed by atoms with Crippen molar-refractivity contribution in [1.82, 2.24) is 10.2 Å². The van der Waals surface area contributed by atoms with E-state index in [1.807, 2.05) is 24.3 Å². The topological polar surface area (TPSA) is 105 Å². The van der Waals surface area contributed by atoms with Crippen LogP contribution in [0.4, 0.5) is 4.79 Å². The van der Waals surface area contributed by atoms with Crippen LogP contribution < -0.4 is 5.32 Å². The number of benzene rings is 2. The molecule has 0 aromatic heterocycles. The summed E-state index contributed by atoms with van der Waals surface area (Å²) in [5, 5.41) is 12.3. The molecule has 35 heavy (non-hydrogen) atoms. The third-order valence-corrected chi connectivity index (χ3v) is 8.03. The molecule has 2 saturated heterocycles. The van der Waals surface area contributed by atoms with Crippen molar-refractivity contribution in [2.24, 2.45) is 5.92 Å². The summed E-state index contributed by atoms with van der Waals surface area (Å²) in [4.78, 5) is 38.6. The Morgan fingerprint density at radius 3 is 2.46 bits per heavy atom. The molecule has 2 aromatic rings. The highest BCUT2D eigenvalue weighted by molar-refractivity contribution is 7.99. The molecule has 0 radical (unpaired) electrons. The summed E-state index contributed by atoms with van der Waals surface area (Å²) in [6.07, 6.45) is -0.683. The van der Waals surface area contributed by atoms with E-state index in [1.54, 1.807) is 0 Å². The zero-order valence-corrected chi connectivity index (χ0v) is 20.0. The lowest BCUT2D eigenvalue weighted by molar-refractivity contribution is -0.154. The van der Waals surface area contributed by atoms with Crippen molar-refractivity contribution >= 4 is 29.7 Å². The molecule has 0 saturated carbocycles. The minimum Gasteiger partial charge on any atom is -0.480 e. The number of rotatable bonds is 6. The summed E-state index contributed by atoms with van der Waals surface area (Å²) in [5.41, 5.74) is 4.61. The molecule has 3 atom stereocenters. The SMILES string of the molecule is O=C(NC[C@H]1CCO[C@H]1C(=O)N1CCSCC1C(=O)O)OCC1c2ccccc2-c2ccccc21. The second kappa shape index (κ2) is 10.3. The highest BCUT2D eigenvalue weighted by Gasteiger charge is 2.41. The van der Waals surface area contributed by atoms with E-state index in [2.05, 4.69) is 29.6 Å². The van der Waals surface area contributed by atoms with Gasteiger partial charge >= 0.3 is 12.1 Å². The Morgan fingerprint density at radius 1 is 1.09 bits per heavy atom. The maximum Gasteiger partial charge on any atom is 0.407 e. The molecule has 184 valence electrons. The van der Waals surface area contributed by atoms with Gasteiger partial charge in [0, 0.05) is 43.0 Å². The standard InChI is InChI=1S/C26H28N2O6S/c29-24(28-10-12-35-15-22(28)25(30)31)23-16(9-11-33-23)13-27-26(32)34-14-21-19-7-3-1-5-17(19)18-6-2-4-8-20(18)21/h1-8,16,21-23H,9-15H2,(H,27,32)(H,30,31)/t16-,22?,23-/m1/s1. The van der Waals surface area contributed by atoms with Gasteiger partial charge in [-0.1, -0.05) is 48.5 Å². The number of carbonyl (C=O) groups is 3. The first-order valence-electron chi connectivity index (χ1n) is 11.9. The number of carboxylic acids is 1. The Balaban J connectivity index is 1.17. The molecule has 2 aromatic carbocycles. The molecule has 2 heterocycles. The van der Waals surface area contributed by atoms with Gasteiger partial charge in [0.15, 0.2) is 0 Å². The Labute approximate surface area is 208 Å². The fourth-order valence-electron chi connectivity index (χ4n) is 5.22. The average molecular weight is 497 g/mol. The molecule has 2 fully saturated rings. The predicted molar refractivity (Wildman–Crippen MR) is 131 cm³/mol. The molecule has 0 bridgehead atoms. The normalized spacial score (nSPS) is 23.4. The van der Waals surface area contributed by atoms with Gasteiger partial charge in [-0.25, -0.2) is 9.59 Å². The molecule has 2 N–H and O–H groups in total. The van der Waals surface area contributed by atoms with Gasteiger partial charge in [-0.15, -0.1) is 0 Å². The van der Waals surface area contributed by atoms with Crippen molar-refractivity contribution in [3.05, 3.63) is 59.7 Å². The monoisotopic (exact) mass is 496 g/mol. The summed E-state index contributed by atoms with van der Waals surface area (Å²) in [5.74, 6) is -0.498. The third-order valence-electron chi connectivity index (χ3n) is 7.01. The average Bonchev–Trinajstić information content (AvgIpc) is 3.48. The fraction of sp³-hybridized carbons (Fsp3) is 0.423. The number of aliphatic carboxylic acids is 1. The quantitative estimate of drug-likeness (QED) is 0.634. The van der Waals surface area contributed by atoms with Crippen molar-refractivity contribution in [2.45, 2.75) is 24.5 Å². The van der Waals surface area contributed by atoms with Crippen LogP contribution in [0.2, 0.25) is 0 Å². The number of amides is 2. The van der Waals surface area contributed by atoms with Crippen molar-refractivity contribution in [1.29, 1.82) is 0 Å². The van der Waals surface area contributed by atoms with Gasteiger partial charge in [-0.2, -0.15) is 11.8 Å². The van der Waals surface area contributed by atoms with Crippen LogP contribution in [0.1, 0.15) is 23.5 Å². The highest BCUT2D eigenvalue weighted by atomic mass is 32.2. The number of thioether (sulfide) groups is 1. The van der Waals surface area contributed by atoms with Crippen molar-refractivity contribution in [3.8, 4) is 11.1 Å². The Kier molecular flexibility index (Phi) is 6.97. The van der Waals surface area contributed by atoms with E-state index in [-0.39, 0.29) is 30.9 Å². The number of ether oxygens (including phenoxy) is 2. The van der Waals surface area contributed by atoms with E-state index in [0.29, 0.717) is 31.1 Å². The van der Waals surface area contributed by atoms with Crippen molar-refractivity contribution < 1.29 is 29.0 Å². The number of hydrogen-bond donors (Lipinski definition) is 2. The lowest BCUT2D eigenvalue weighted by Gasteiger charge is -2.35. The number of nitrogens with one attached hydrogen (secondary N) is 1. The Hall–Kier alpha value is -3.04. The smallest absolute Gasteiger partial charge is 0.407 e. The molecule has 1 unspecified atom stereocenters. The second-order valence-electron chi connectivity index (χ2n) is 9.01. The van der Waals surface area contributed by atoms with E-state index < -0.39 is 24.2 Å². The van der Waals surface area contributed by atoms with Crippen LogP contribution in [0, 0.1) is 5.92 Å². The maximum atomic E-state index is 13.1. The molecule has 5 rings (SSSR count). The first-order valence-corrected chi connectivity index (χ1v) is 13.0. The molecule has 9 heteroatoms. The molecule has 1 aliphatic carbocycles. The van der Waals surface area contributed by atoms with E-state index in [4.69, 9.17) is 9.47 Å². The maximum absolute atomic E-state index is 13.1. The van der Waals surface area contributed by atoms with E-state index >= 15 is 0 Å². The van der Waals surface area contributed by atoms with Gasteiger partial charge in [0.1, 0.15) is 18.8 Å². The van der Waals surface area contributed by atoms with Crippen LogP contribution in [-0.4, -0.2) is 77.9 Å². The first-order chi connectivity index (χ1) is 17.0. The summed E-state index contributed by atoms with van der Waals surface area (Å²) in [6, 6.07) is 15.5. The summed E-state index contributed by atoms with van der Waals surface area (Å²) < 4.78 is 11.3. The minimum absolute atomic E-state index is 0.0257. The minimum atomic E-state index is -1.00. The van der Waals surface area contributed by atoms with Crippen molar-refractivity contribution in [3.63, 3.8) is 0 Å². The van der Waals surface area contributed by atoms with Gasteiger partial charge in [0.2, 0.25) is 0 Å². The lowest BCUT2D eigenvalue weighted by atomic mass is 9.98.